The summed E-state index contributed by atoms with van der Waals surface area (Å²) in [4.78, 5) is 14.8. The van der Waals surface area contributed by atoms with Crippen molar-refractivity contribution >= 4 is 22.6 Å². The number of anilines is 1. The van der Waals surface area contributed by atoms with E-state index < -0.39 is 11.6 Å². The van der Waals surface area contributed by atoms with Gasteiger partial charge < -0.3 is 10.2 Å². The van der Waals surface area contributed by atoms with E-state index in [9.17, 15) is 4.79 Å². The smallest absolute Gasteiger partial charge is 0.263 e. The number of benzene rings is 1. The predicted molar refractivity (Wildman–Crippen MR) is 107 cm³/mol. The minimum atomic E-state index is -1.88. The molecule has 1 saturated heterocycles. The van der Waals surface area contributed by atoms with Crippen LogP contribution in [0.4, 0.5) is 10.2 Å². The lowest BCUT2D eigenvalue weighted by atomic mass is 9.92. The third-order valence-corrected chi connectivity index (χ3v) is 5.18. The van der Waals surface area contributed by atoms with Crippen molar-refractivity contribution in [2.45, 2.75) is 32.4 Å². The van der Waals surface area contributed by atoms with Crippen molar-refractivity contribution in [3.8, 4) is 5.69 Å². The molecule has 0 atom stereocenters. The zero-order chi connectivity index (χ0) is 20.4. The van der Waals surface area contributed by atoms with E-state index in [0.29, 0.717) is 24.5 Å². The largest absolute Gasteiger partial charge is 0.306 e. The molecule has 8 nitrogen and oxygen atoms in total. The number of halogens is 1. The fourth-order valence-corrected chi connectivity index (χ4v) is 3.64. The molecule has 9 heteroatoms. The van der Waals surface area contributed by atoms with Crippen LogP contribution in [0, 0.1) is 5.92 Å². The van der Waals surface area contributed by atoms with E-state index in [-0.39, 0.29) is 18.7 Å². The summed E-state index contributed by atoms with van der Waals surface area (Å²) in [6.45, 7) is 6.34. The number of alkyl halides is 1. The van der Waals surface area contributed by atoms with Crippen molar-refractivity contribution in [2.75, 3.05) is 25.0 Å². The average Bonchev–Trinajstić information content (AvgIpc) is 3.24. The Labute approximate surface area is 168 Å². The van der Waals surface area contributed by atoms with Crippen LogP contribution >= 0.6 is 0 Å². The minimum Gasteiger partial charge on any atom is -0.306 e. The van der Waals surface area contributed by atoms with E-state index in [1.807, 2.05) is 18.2 Å². The molecule has 1 aliphatic heterocycles. The van der Waals surface area contributed by atoms with E-state index in [1.54, 1.807) is 23.1 Å². The normalized spacial score (nSPS) is 17.0. The highest BCUT2D eigenvalue weighted by molar-refractivity contribution is 5.97. The number of fused-ring (bicyclic) bond motifs is 1. The van der Waals surface area contributed by atoms with Gasteiger partial charge in [-0.15, -0.1) is 15.3 Å². The van der Waals surface area contributed by atoms with Gasteiger partial charge in [-0.1, -0.05) is 19.1 Å². The Morgan fingerprint density at radius 2 is 2.03 bits per heavy atom. The highest BCUT2D eigenvalue weighted by Gasteiger charge is 2.41. The van der Waals surface area contributed by atoms with Crippen molar-refractivity contribution < 1.29 is 9.18 Å². The molecule has 1 N–H and O–H groups in total. The zero-order valence-corrected chi connectivity index (χ0v) is 16.5. The van der Waals surface area contributed by atoms with Gasteiger partial charge in [0.05, 0.1) is 23.6 Å². The van der Waals surface area contributed by atoms with Crippen LogP contribution in [-0.2, 0) is 4.79 Å². The molecular weight excluding hydrogens is 373 g/mol. The van der Waals surface area contributed by atoms with Gasteiger partial charge in [-0.05, 0) is 30.2 Å². The van der Waals surface area contributed by atoms with Crippen molar-refractivity contribution in [2.24, 2.45) is 5.92 Å². The first-order chi connectivity index (χ1) is 13.9. The summed E-state index contributed by atoms with van der Waals surface area (Å²) < 4.78 is 16.8. The molecule has 0 spiro atoms. The molecule has 152 valence electrons. The summed E-state index contributed by atoms with van der Waals surface area (Å²) in [5.74, 6) is 0.105. The third-order valence-electron chi connectivity index (χ3n) is 5.18. The average molecular weight is 397 g/mol. The molecule has 0 aliphatic carbocycles. The number of amides is 1. The van der Waals surface area contributed by atoms with Crippen LogP contribution in [0.1, 0.15) is 26.7 Å². The summed E-state index contributed by atoms with van der Waals surface area (Å²) in [6, 6.07) is 7.22. The predicted octanol–water partition coefficient (Wildman–Crippen LogP) is 2.61. The molecule has 1 aromatic carbocycles. The molecule has 1 fully saturated rings. The maximum atomic E-state index is 15.2. The monoisotopic (exact) mass is 397 g/mol. The number of piperidine rings is 1. The molecule has 1 amide bonds. The topological polar surface area (TPSA) is 88.8 Å². The van der Waals surface area contributed by atoms with Gasteiger partial charge in [-0.3, -0.25) is 4.79 Å². The maximum absolute atomic E-state index is 15.2. The highest BCUT2D eigenvalue weighted by Crippen LogP contribution is 2.29. The number of carbonyl (C=O) groups excluding carboxylic acids is 1. The van der Waals surface area contributed by atoms with E-state index in [2.05, 4.69) is 44.6 Å². The first-order valence-corrected chi connectivity index (χ1v) is 9.80. The Balaban J connectivity index is 1.48. The lowest BCUT2D eigenvalue weighted by Crippen LogP contribution is -2.49. The number of hydrogen-bond donors (Lipinski definition) is 1. The zero-order valence-electron chi connectivity index (χ0n) is 16.5. The molecule has 2 aromatic heterocycles. The van der Waals surface area contributed by atoms with Crippen LogP contribution in [0.5, 0.6) is 0 Å². The molecule has 0 unspecified atom stereocenters. The van der Waals surface area contributed by atoms with Gasteiger partial charge >= 0.3 is 0 Å². The molecule has 1 aliphatic rings. The Hall–Kier alpha value is -2.94. The Morgan fingerprint density at radius 1 is 1.24 bits per heavy atom. The fraction of sp³-hybridized carbons (Fsp3) is 0.450. The SMILES string of the molecule is CC(C)CN1CCC(F)(C(=O)Nc2cc3cc(-n4ccnn4)ccc3nn2)CC1. The van der Waals surface area contributed by atoms with Gasteiger partial charge in [-0.25, -0.2) is 9.07 Å². The maximum Gasteiger partial charge on any atom is 0.263 e. The lowest BCUT2D eigenvalue weighted by molar-refractivity contribution is -0.130. The van der Waals surface area contributed by atoms with Crippen molar-refractivity contribution in [3.05, 3.63) is 36.7 Å². The van der Waals surface area contributed by atoms with Crippen LogP contribution in [0.25, 0.3) is 16.6 Å². The summed E-state index contributed by atoms with van der Waals surface area (Å²) >= 11 is 0. The van der Waals surface area contributed by atoms with Crippen LogP contribution in [0.3, 0.4) is 0 Å². The van der Waals surface area contributed by atoms with E-state index >= 15 is 4.39 Å². The van der Waals surface area contributed by atoms with Gasteiger partial charge in [-0.2, -0.15) is 0 Å². The lowest BCUT2D eigenvalue weighted by Gasteiger charge is -2.35. The number of nitrogens with one attached hydrogen (secondary N) is 1. The number of likely N-dealkylation sites (tertiary alicyclic amines) is 1. The van der Waals surface area contributed by atoms with Crippen molar-refractivity contribution in [1.82, 2.24) is 30.1 Å². The molecule has 0 radical (unpaired) electrons. The number of rotatable bonds is 5. The summed E-state index contributed by atoms with van der Waals surface area (Å²) in [5.41, 5.74) is -0.407. The Morgan fingerprint density at radius 3 is 2.72 bits per heavy atom. The number of hydrogen-bond acceptors (Lipinski definition) is 6. The second kappa shape index (κ2) is 7.82. The molecule has 4 rings (SSSR count). The molecule has 29 heavy (non-hydrogen) atoms. The van der Waals surface area contributed by atoms with Crippen LogP contribution < -0.4 is 5.32 Å². The van der Waals surface area contributed by atoms with Crippen molar-refractivity contribution in [3.63, 3.8) is 0 Å². The van der Waals surface area contributed by atoms with Gasteiger partial charge in [0.15, 0.2) is 11.5 Å². The van der Waals surface area contributed by atoms with Crippen LogP contribution in [0.15, 0.2) is 36.7 Å². The highest BCUT2D eigenvalue weighted by atomic mass is 19.1. The summed E-state index contributed by atoms with van der Waals surface area (Å²) in [5, 5.41) is 19.3. The second-order valence-electron chi connectivity index (χ2n) is 7.93. The first kappa shape index (κ1) is 19.4. The Bertz CT molecular complexity index is 997. The number of aromatic nitrogens is 5. The van der Waals surface area contributed by atoms with E-state index in [1.165, 1.54) is 0 Å². The second-order valence-corrected chi connectivity index (χ2v) is 7.93. The third kappa shape index (κ3) is 4.24. The van der Waals surface area contributed by atoms with Crippen molar-refractivity contribution in [1.29, 1.82) is 0 Å². The standard InChI is InChI=1S/C20H24FN7O/c1-14(2)13-27-8-5-20(21,6-9-27)19(29)23-18-12-15-11-16(28-10-7-22-26-28)3-4-17(15)24-25-18/h3-4,7,10-12,14H,5-6,8-9,13H2,1-2H3,(H,23,25,29). The molecule has 3 aromatic rings. The van der Waals surface area contributed by atoms with Gasteiger partial charge in [0.2, 0.25) is 0 Å². The van der Waals surface area contributed by atoms with E-state index in [4.69, 9.17) is 0 Å². The molecule has 0 bridgehead atoms. The minimum absolute atomic E-state index is 0.184. The fourth-order valence-electron chi connectivity index (χ4n) is 3.64. The quantitative estimate of drug-likeness (QED) is 0.712. The molecular formula is C20H24FN7O. The van der Waals surface area contributed by atoms with Gasteiger partial charge in [0, 0.05) is 37.9 Å². The number of nitrogens with zero attached hydrogens (tertiary/aromatic N) is 6. The van der Waals surface area contributed by atoms with Crippen LogP contribution in [-0.4, -0.2) is 61.3 Å². The first-order valence-electron chi connectivity index (χ1n) is 9.80. The molecule has 0 saturated carbocycles. The summed E-state index contributed by atoms with van der Waals surface area (Å²) in [6.07, 6.45) is 3.69. The number of carbonyl (C=O) groups is 1. The summed E-state index contributed by atoms with van der Waals surface area (Å²) in [7, 11) is 0. The molecule has 3 heterocycles. The van der Waals surface area contributed by atoms with Gasteiger partial charge in [0.25, 0.3) is 5.91 Å². The van der Waals surface area contributed by atoms with Gasteiger partial charge in [0.1, 0.15) is 0 Å². The van der Waals surface area contributed by atoms with E-state index in [0.717, 1.165) is 17.6 Å². The Kier molecular flexibility index (Phi) is 5.23. The van der Waals surface area contributed by atoms with Crippen LogP contribution in [0.2, 0.25) is 0 Å².